The molecule has 0 fully saturated rings. The number of anilines is 4. The van der Waals surface area contributed by atoms with Crippen molar-refractivity contribution in [1.29, 1.82) is 0 Å². The van der Waals surface area contributed by atoms with E-state index in [2.05, 4.69) is 31.1 Å². The summed E-state index contributed by atoms with van der Waals surface area (Å²) in [6.45, 7) is 3.87. The van der Waals surface area contributed by atoms with Crippen LogP contribution in [0.4, 0.5) is 23.0 Å². The highest BCUT2D eigenvalue weighted by Crippen LogP contribution is 2.28. The second-order valence-corrected chi connectivity index (χ2v) is 9.36. The molecule has 0 saturated heterocycles. The van der Waals surface area contributed by atoms with Crippen LogP contribution in [0, 0.1) is 0 Å². The van der Waals surface area contributed by atoms with Gasteiger partial charge in [-0.3, -0.25) is 9.89 Å². The highest BCUT2D eigenvalue weighted by molar-refractivity contribution is 5.98. The Morgan fingerprint density at radius 1 is 0.789 bits per heavy atom. The number of amides is 1. The Morgan fingerprint density at radius 3 is 2.37 bits per heavy atom. The first-order valence-electron chi connectivity index (χ1n) is 12.4. The van der Waals surface area contributed by atoms with Gasteiger partial charge >= 0.3 is 0 Å². The van der Waals surface area contributed by atoms with Crippen molar-refractivity contribution in [3.63, 3.8) is 0 Å². The molecule has 3 aromatic heterocycles. The minimum Gasteiger partial charge on any atom is -0.351 e. The van der Waals surface area contributed by atoms with Gasteiger partial charge in [0, 0.05) is 45.3 Å². The Balaban J connectivity index is 1.37. The number of nitrogens with one attached hydrogen (secondary N) is 5. The van der Waals surface area contributed by atoms with E-state index in [4.69, 9.17) is 9.97 Å². The standard InChI is InChI=1S/C29H26N8O/c1-17(2)31-29(38)25-13-18-8-9-19(14-24(18)34-25)28-35-26(32-21-6-4-3-5-7-21)15-27(36-28)33-22-10-11-23-20(12-22)16-30-37-23/h3-17,34H,1-2H3,(H,30,37)(H,31,38)(H2,32,33,35,36). The van der Waals surface area contributed by atoms with Crippen LogP contribution in [0.1, 0.15) is 24.3 Å². The van der Waals surface area contributed by atoms with Crippen molar-refractivity contribution < 1.29 is 4.79 Å². The number of para-hydroxylation sites is 1. The number of fused-ring (bicyclic) bond motifs is 2. The molecule has 3 aromatic carbocycles. The van der Waals surface area contributed by atoms with Gasteiger partial charge in [0.1, 0.15) is 17.3 Å². The SMILES string of the molecule is CC(C)NC(=O)c1cc2ccc(-c3nc(Nc4ccccc4)cc(Nc4ccc5[nH]ncc5c4)n3)cc2[nH]1. The maximum absolute atomic E-state index is 12.5. The number of hydrogen-bond acceptors (Lipinski definition) is 6. The maximum atomic E-state index is 12.5. The molecule has 0 atom stereocenters. The van der Waals surface area contributed by atoms with Crippen molar-refractivity contribution in [3.8, 4) is 11.4 Å². The molecule has 0 aliphatic rings. The van der Waals surface area contributed by atoms with Gasteiger partial charge in [0.2, 0.25) is 0 Å². The van der Waals surface area contributed by atoms with Crippen LogP contribution in [0.5, 0.6) is 0 Å². The molecular weight excluding hydrogens is 476 g/mol. The molecule has 0 aliphatic carbocycles. The normalized spacial score (nSPS) is 11.2. The topological polar surface area (TPSA) is 123 Å². The first-order valence-corrected chi connectivity index (χ1v) is 12.4. The summed E-state index contributed by atoms with van der Waals surface area (Å²) in [6, 6.07) is 25.5. The number of rotatable bonds is 7. The van der Waals surface area contributed by atoms with Crippen molar-refractivity contribution in [2.45, 2.75) is 19.9 Å². The van der Waals surface area contributed by atoms with Crippen molar-refractivity contribution in [3.05, 3.63) is 90.8 Å². The predicted octanol–water partition coefficient (Wildman–Crippen LogP) is 6.13. The largest absolute Gasteiger partial charge is 0.351 e. The number of aromatic nitrogens is 5. The minimum absolute atomic E-state index is 0.0536. The Labute approximate surface area is 218 Å². The maximum Gasteiger partial charge on any atom is 0.267 e. The third-order valence-corrected chi connectivity index (χ3v) is 6.03. The van der Waals surface area contributed by atoms with Gasteiger partial charge in [-0.25, -0.2) is 9.97 Å². The minimum atomic E-state index is -0.135. The summed E-state index contributed by atoms with van der Waals surface area (Å²) in [4.78, 5) is 25.3. The quantitative estimate of drug-likeness (QED) is 0.179. The molecule has 6 aromatic rings. The van der Waals surface area contributed by atoms with Crippen LogP contribution in [-0.2, 0) is 0 Å². The third kappa shape index (κ3) is 4.90. The van der Waals surface area contributed by atoms with Crippen molar-refractivity contribution in [2.24, 2.45) is 0 Å². The van der Waals surface area contributed by atoms with Gasteiger partial charge in [-0.15, -0.1) is 0 Å². The molecule has 1 amide bonds. The van der Waals surface area contributed by atoms with Gasteiger partial charge in [-0.2, -0.15) is 5.10 Å². The van der Waals surface area contributed by atoms with Crippen molar-refractivity contribution in [1.82, 2.24) is 30.5 Å². The summed E-state index contributed by atoms with van der Waals surface area (Å²) >= 11 is 0. The van der Waals surface area contributed by atoms with Crippen LogP contribution in [0.2, 0.25) is 0 Å². The van der Waals surface area contributed by atoms with Crippen LogP contribution in [0.3, 0.4) is 0 Å². The van der Waals surface area contributed by atoms with E-state index in [1.807, 2.05) is 92.7 Å². The zero-order valence-electron chi connectivity index (χ0n) is 20.9. The van der Waals surface area contributed by atoms with Gasteiger partial charge in [-0.1, -0.05) is 30.3 Å². The van der Waals surface area contributed by atoms with Crippen molar-refractivity contribution in [2.75, 3.05) is 10.6 Å². The van der Waals surface area contributed by atoms with Gasteiger partial charge in [0.15, 0.2) is 5.82 Å². The fraction of sp³-hybridized carbons (Fsp3) is 0.103. The number of H-pyrrole nitrogens is 2. The van der Waals surface area contributed by atoms with E-state index in [0.29, 0.717) is 23.2 Å². The Morgan fingerprint density at radius 2 is 1.58 bits per heavy atom. The molecule has 9 nitrogen and oxygen atoms in total. The van der Waals surface area contributed by atoms with Crippen LogP contribution in [0.25, 0.3) is 33.2 Å². The second kappa shape index (κ2) is 9.70. The number of nitrogens with zero attached hydrogens (tertiary/aromatic N) is 3. The highest BCUT2D eigenvalue weighted by Gasteiger charge is 2.13. The van der Waals surface area contributed by atoms with E-state index < -0.39 is 0 Å². The lowest BCUT2D eigenvalue weighted by Gasteiger charge is -2.12. The monoisotopic (exact) mass is 502 g/mol. The molecule has 188 valence electrons. The zero-order valence-corrected chi connectivity index (χ0v) is 20.9. The molecule has 5 N–H and O–H groups in total. The van der Waals surface area contributed by atoms with Gasteiger partial charge < -0.3 is 20.9 Å². The van der Waals surface area contributed by atoms with Crippen LogP contribution < -0.4 is 16.0 Å². The highest BCUT2D eigenvalue weighted by atomic mass is 16.1. The van der Waals surface area contributed by atoms with Crippen molar-refractivity contribution >= 4 is 50.7 Å². The summed E-state index contributed by atoms with van der Waals surface area (Å²) in [6.07, 6.45) is 1.79. The number of carbonyl (C=O) groups excluding carboxylic acids is 1. The van der Waals surface area contributed by atoms with E-state index in [0.717, 1.165) is 38.7 Å². The first-order chi connectivity index (χ1) is 18.5. The van der Waals surface area contributed by atoms with Crippen LogP contribution in [-0.4, -0.2) is 37.1 Å². The lowest BCUT2D eigenvalue weighted by Crippen LogP contribution is -2.30. The first kappa shape index (κ1) is 23.2. The molecule has 0 unspecified atom stereocenters. The van der Waals surface area contributed by atoms with E-state index in [-0.39, 0.29) is 11.9 Å². The van der Waals surface area contributed by atoms with Crippen LogP contribution >= 0.6 is 0 Å². The molecule has 9 heteroatoms. The number of aromatic amines is 2. The summed E-state index contributed by atoms with van der Waals surface area (Å²) in [5, 5.41) is 18.7. The molecule has 6 rings (SSSR count). The number of hydrogen-bond donors (Lipinski definition) is 5. The molecule has 0 bridgehead atoms. The molecule has 38 heavy (non-hydrogen) atoms. The van der Waals surface area contributed by atoms with Gasteiger partial charge in [0.25, 0.3) is 5.91 Å². The average Bonchev–Trinajstić information content (AvgIpc) is 3.55. The van der Waals surface area contributed by atoms with Gasteiger partial charge in [-0.05, 0) is 56.3 Å². The molecule has 0 radical (unpaired) electrons. The summed E-state index contributed by atoms with van der Waals surface area (Å²) < 4.78 is 0. The zero-order chi connectivity index (χ0) is 26.1. The fourth-order valence-corrected chi connectivity index (χ4v) is 4.27. The molecular formula is C29H26N8O. The van der Waals surface area contributed by atoms with E-state index in [1.54, 1.807) is 6.20 Å². The average molecular weight is 503 g/mol. The molecule has 3 heterocycles. The molecule has 0 aliphatic heterocycles. The van der Waals surface area contributed by atoms with Crippen LogP contribution in [0.15, 0.2) is 85.1 Å². The third-order valence-electron chi connectivity index (χ3n) is 6.03. The summed E-state index contributed by atoms with van der Waals surface area (Å²) in [5.41, 5.74) is 4.94. The summed E-state index contributed by atoms with van der Waals surface area (Å²) in [7, 11) is 0. The fourth-order valence-electron chi connectivity index (χ4n) is 4.27. The Hall–Kier alpha value is -5.18. The Bertz CT molecular complexity index is 1750. The second-order valence-electron chi connectivity index (χ2n) is 9.36. The predicted molar refractivity (Wildman–Crippen MR) is 151 cm³/mol. The number of benzene rings is 3. The molecule has 0 spiro atoms. The Kier molecular flexibility index (Phi) is 5.93. The molecule has 0 saturated carbocycles. The van der Waals surface area contributed by atoms with Gasteiger partial charge in [0.05, 0.1) is 11.7 Å². The number of carbonyl (C=O) groups is 1. The van der Waals surface area contributed by atoms with E-state index >= 15 is 0 Å². The van der Waals surface area contributed by atoms with E-state index in [1.165, 1.54) is 0 Å². The lowest BCUT2D eigenvalue weighted by molar-refractivity contribution is 0.0939. The smallest absolute Gasteiger partial charge is 0.267 e. The lowest BCUT2D eigenvalue weighted by atomic mass is 10.1. The summed E-state index contributed by atoms with van der Waals surface area (Å²) in [5.74, 6) is 1.70. The van der Waals surface area contributed by atoms with E-state index in [9.17, 15) is 4.79 Å².